The molecular weight excluding hydrogens is 427 g/mol. The van der Waals surface area contributed by atoms with E-state index in [-0.39, 0.29) is 12.5 Å². The lowest BCUT2D eigenvalue weighted by Gasteiger charge is -2.32. The number of aryl methyl sites for hydroxylation is 1. The van der Waals surface area contributed by atoms with Gasteiger partial charge in [0, 0.05) is 19.0 Å². The predicted molar refractivity (Wildman–Crippen MR) is 109 cm³/mol. The smallest absolute Gasteiger partial charge is 0.416 e. The average molecular weight is 451 g/mol. The molecule has 1 N–H and O–H groups in total. The molecule has 0 bridgehead atoms. The Morgan fingerprint density at radius 3 is 2.53 bits per heavy atom. The van der Waals surface area contributed by atoms with Gasteiger partial charge in [-0.1, -0.05) is 24.3 Å². The molecule has 1 heterocycles. The molecule has 0 aromatic heterocycles. The zero-order chi connectivity index (χ0) is 23.3. The number of benzene rings is 2. The molecule has 0 radical (unpaired) electrons. The van der Waals surface area contributed by atoms with Crippen LogP contribution in [0.15, 0.2) is 42.5 Å². The van der Waals surface area contributed by atoms with Crippen molar-refractivity contribution in [3.8, 4) is 5.75 Å². The number of carboxylic acid groups (broad SMARTS) is 1. The van der Waals surface area contributed by atoms with Crippen molar-refractivity contribution in [1.82, 2.24) is 4.90 Å². The van der Waals surface area contributed by atoms with Gasteiger partial charge in [-0.25, -0.2) is 9.59 Å². The van der Waals surface area contributed by atoms with E-state index in [0.717, 1.165) is 36.1 Å². The highest BCUT2D eigenvalue weighted by atomic mass is 19.4. The van der Waals surface area contributed by atoms with Gasteiger partial charge in [-0.3, -0.25) is 0 Å². The number of hydrogen-bond acceptors (Lipinski definition) is 4. The van der Waals surface area contributed by atoms with E-state index in [9.17, 15) is 22.8 Å². The number of alkyl halides is 3. The Labute approximate surface area is 183 Å². The van der Waals surface area contributed by atoms with E-state index in [4.69, 9.17) is 14.6 Å². The standard InChI is InChI=1S/C23H24F3NO5/c1-15-4-7-17(11-20(15)31-14-21(28)29)18-3-2-10-27(12-18)22(30)32-13-16-5-8-19(9-6-16)23(24,25)26/h4-9,11,18H,2-3,10,12-14H2,1H3,(H,28,29)/t18-/m1/s1. The van der Waals surface area contributed by atoms with Crippen LogP contribution in [-0.2, 0) is 22.3 Å². The number of aliphatic carboxylic acids is 1. The molecule has 0 aliphatic carbocycles. The van der Waals surface area contributed by atoms with Crippen molar-refractivity contribution in [3.63, 3.8) is 0 Å². The number of rotatable bonds is 6. The van der Waals surface area contributed by atoms with Crippen molar-refractivity contribution in [1.29, 1.82) is 0 Å². The molecule has 1 aliphatic rings. The number of piperidine rings is 1. The summed E-state index contributed by atoms with van der Waals surface area (Å²) in [4.78, 5) is 24.9. The Morgan fingerprint density at radius 2 is 1.88 bits per heavy atom. The van der Waals surface area contributed by atoms with Crippen LogP contribution in [0.5, 0.6) is 5.75 Å². The van der Waals surface area contributed by atoms with E-state index < -0.39 is 30.4 Å². The summed E-state index contributed by atoms with van der Waals surface area (Å²) in [7, 11) is 0. The first-order chi connectivity index (χ1) is 15.1. The van der Waals surface area contributed by atoms with Crippen LogP contribution in [0.25, 0.3) is 0 Å². The van der Waals surface area contributed by atoms with Gasteiger partial charge < -0.3 is 19.5 Å². The minimum atomic E-state index is -4.41. The molecule has 1 atom stereocenters. The number of halogens is 3. The molecule has 0 spiro atoms. The maximum absolute atomic E-state index is 12.7. The Balaban J connectivity index is 1.59. The van der Waals surface area contributed by atoms with Crippen LogP contribution < -0.4 is 4.74 Å². The lowest BCUT2D eigenvalue weighted by molar-refractivity contribution is -0.139. The first kappa shape index (κ1) is 23.4. The SMILES string of the molecule is Cc1ccc([C@@H]2CCCN(C(=O)OCc3ccc(C(F)(F)F)cc3)C2)cc1OCC(=O)O. The van der Waals surface area contributed by atoms with Crippen LogP contribution in [0.3, 0.4) is 0 Å². The molecule has 172 valence electrons. The van der Waals surface area contributed by atoms with Gasteiger partial charge in [-0.15, -0.1) is 0 Å². The highest BCUT2D eigenvalue weighted by Crippen LogP contribution is 2.31. The number of carboxylic acids is 1. The van der Waals surface area contributed by atoms with Crippen molar-refractivity contribution in [3.05, 3.63) is 64.7 Å². The Morgan fingerprint density at radius 1 is 1.16 bits per heavy atom. The predicted octanol–water partition coefficient (Wildman–Crippen LogP) is 4.99. The summed E-state index contributed by atoms with van der Waals surface area (Å²) in [5.74, 6) is -0.531. The van der Waals surface area contributed by atoms with E-state index in [1.54, 1.807) is 11.0 Å². The highest BCUT2D eigenvalue weighted by molar-refractivity contribution is 5.69. The molecule has 9 heteroatoms. The van der Waals surface area contributed by atoms with Gasteiger partial charge in [-0.2, -0.15) is 13.2 Å². The van der Waals surface area contributed by atoms with Gasteiger partial charge in [0.2, 0.25) is 0 Å². The fraction of sp³-hybridized carbons (Fsp3) is 0.391. The summed E-state index contributed by atoms with van der Waals surface area (Å²) in [6, 6.07) is 10.1. The summed E-state index contributed by atoms with van der Waals surface area (Å²) in [5.41, 5.74) is 1.48. The normalized spacial score (nSPS) is 16.5. The van der Waals surface area contributed by atoms with Gasteiger partial charge in [0.25, 0.3) is 0 Å². The first-order valence-corrected chi connectivity index (χ1v) is 10.2. The molecule has 32 heavy (non-hydrogen) atoms. The molecule has 0 saturated carbocycles. The minimum Gasteiger partial charge on any atom is -0.482 e. The van der Waals surface area contributed by atoms with Crippen molar-refractivity contribution in [2.75, 3.05) is 19.7 Å². The largest absolute Gasteiger partial charge is 0.482 e. The fourth-order valence-corrected chi connectivity index (χ4v) is 3.61. The van der Waals surface area contributed by atoms with Crippen LogP contribution in [0, 0.1) is 6.92 Å². The molecule has 3 rings (SSSR count). The van der Waals surface area contributed by atoms with Crippen LogP contribution >= 0.6 is 0 Å². The van der Waals surface area contributed by atoms with Crippen molar-refractivity contribution in [2.24, 2.45) is 0 Å². The van der Waals surface area contributed by atoms with Gasteiger partial charge >= 0.3 is 18.2 Å². The fourth-order valence-electron chi connectivity index (χ4n) is 3.61. The molecule has 0 unspecified atom stereocenters. The Kier molecular flexibility index (Phi) is 7.27. The summed E-state index contributed by atoms with van der Waals surface area (Å²) in [6.45, 7) is 2.23. The third kappa shape index (κ3) is 6.15. The van der Waals surface area contributed by atoms with Crippen LogP contribution in [-0.4, -0.2) is 41.8 Å². The Bertz CT molecular complexity index is 959. The van der Waals surface area contributed by atoms with Gasteiger partial charge in [0.1, 0.15) is 12.4 Å². The minimum absolute atomic E-state index is 0.0372. The van der Waals surface area contributed by atoms with E-state index in [2.05, 4.69) is 0 Å². The first-order valence-electron chi connectivity index (χ1n) is 10.2. The average Bonchev–Trinajstić information content (AvgIpc) is 2.76. The number of hydrogen-bond donors (Lipinski definition) is 1. The third-order valence-corrected chi connectivity index (χ3v) is 5.36. The summed E-state index contributed by atoms with van der Waals surface area (Å²) in [6.07, 6.45) is -3.32. The summed E-state index contributed by atoms with van der Waals surface area (Å²) < 4.78 is 48.6. The molecule has 1 aliphatic heterocycles. The molecule has 1 amide bonds. The van der Waals surface area contributed by atoms with Crippen LogP contribution in [0.4, 0.5) is 18.0 Å². The van der Waals surface area contributed by atoms with Gasteiger partial charge in [0.15, 0.2) is 6.61 Å². The zero-order valence-electron chi connectivity index (χ0n) is 17.5. The second-order valence-corrected chi connectivity index (χ2v) is 7.74. The topological polar surface area (TPSA) is 76.1 Å². The van der Waals surface area contributed by atoms with Crippen molar-refractivity contribution < 1.29 is 37.3 Å². The lowest BCUT2D eigenvalue weighted by atomic mass is 9.90. The molecule has 1 saturated heterocycles. The van der Waals surface area contributed by atoms with E-state index in [1.165, 1.54) is 12.1 Å². The zero-order valence-corrected chi connectivity index (χ0v) is 17.5. The quantitative estimate of drug-likeness (QED) is 0.670. The van der Waals surface area contributed by atoms with Crippen molar-refractivity contribution in [2.45, 2.75) is 38.5 Å². The molecule has 2 aromatic carbocycles. The molecule has 2 aromatic rings. The molecule has 6 nitrogen and oxygen atoms in total. The van der Waals surface area contributed by atoms with Gasteiger partial charge in [-0.05, 0) is 54.7 Å². The number of carbonyl (C=O) groups is 2. The van der Waals surface area contributed by atoms with E-state index >= 15 is 0 Å². The summed E-state index contributed by atoms with van der Waals surface area (Å²) in [5, 5.41) is 8.83. The third-order valence-electron chi connectivity index (χ3n) is 5.36. The van der Waals surface area contributed by atoms with Crippen LogP contribution in [0.1, 0.15) is 41.0 Å². The second kappa shape index (κ2) is 9.93. The maximum atomic E-state index is 12.7. The van der Waals surface area contributed by atoms with Crippen molar-refractivity contribution >= 4 is 12.1 Å². The number of likely N-dealkylation sites (tertiary alicyclic amines) is 1. The molecule has 1 fully saturated rings. The second-order valence-electron chi connectivity index (χ2n) is 7.74. The summed E-state index contributed by atoms with van der Waals surface area (Å²) >= 11 is 0. The number of amides is 1. The highest BCUT2D eigenvalue weighted by Gasteiger charge is 2.30. The van der Waals surface area contributed by atoms with Crippen LogP contribution in [0.2, 0.25) is 0 Å². The monoisotopic (exact) mass is 451 g/mol. The number of ether oxygens (including phenoxy) is 2. The molecular formula is C23H24F3NO5. The number of nitrogens with zero attached hydrogens (tertiary/aromatic N) is 1. The number of carbonyl (C=O) groups excluding carboxylic acids is 1. The van der Waals surface area contributed by atoms with Gasteiger partial charge in [0.05, 0.1) is 5.56 Å². The maximum Gasteiger partial charge on any atom is 0.416 e. The van der Waals surface area contributed by atoms with E-state index in [1.807, 2.05) is 19.1 Å². The Hall–Kier alpha value is -3.23. The lowest BCUT2D eigenvalue weighted by Crippen LogP contribution is -2.39. The van der Waals surface area contributed by atoms with E-state index in [0.29, 0.717) is 24.4 Å².